The molecule has 1 aromatic heterocycles. The van der Waals surface area contributed by atoms with Gasteiger partial charge in [-0.1, -0.05) is 11.8 Å². The maximum Gasteiger partial charge on any atom is 0.416 e. The summed E-state index contributed by atoms with van der Waals surface area (Å²) in [7, 11) is 0. The minimum Gasteiger partial charge on any atom is -0.325 e. The van der Waals surface area contributed by atoms with E-state index in [-0.39, 0.29) is 16.6 Å². The average Bonchev–Trinajstić information content (AvgIpc) is 2.45. The molecule has 0 aliphatic heterocycles. The molecule has 1 aromatic carbocycles. The van der Waals surface area contributed by atoms with Crippen LogP contribution in [-0.2, 0) is 11.0 Å². The lowest BCUT2D eigenvalue weighted by molar-refractivity contribution is -0.137. The van der Waals surface area contributed by atoms with Crippen LogP contribution in [0, 0.1) is 0 Å². The van der Waals surface area contributed by atoms with Crippen molar-refractivity contribution in [1.29, 1.82) is 0 Å². The molecule has 0 saturated carbocycles. The van der Waals surface area contributed by atoms with E-state index in [0.717, 1.165) is 42.2 Å². The number of nitrogens with one attached hydrogen (secondary N) is 2. The van der Waals surface area contributed by atoms with Gasteiger partial charge in [0, 0.05) is 5.69 Å². The van der Waals surface area contributed by atoms with Gasteiger partial charge in [-0.05, 0) is 24.3 Å². The van der Waals surface area contributed by atoms with E-state index in [1.54, 1.807) is 0 Å². The zero-order valence-corrected chi connectivity index (χ0v) is 11.7. The molecule has 2 N–H and O–H groups in total. The van der Waals surface area contributed by atoms with Gasteiger partial charge < -0.3 is 5.32 Å². The van der Waals surface area contributed by atoms with Crippen molar-refractivity contribution in [3.63, 3.8) is 0 Å². The molecule has 0 aliphatic rings. The SMILES string of the molecule is O=C(CSc1nncc(=O)[nH]1)Nc1ccc(C(F)(F)F)cc1. The summed E-state index contributed by atoms with van der Waals surface area (Å²) in [6.45, 7) is 0. The molecule has 6 nitrogen and oxygen atoms in total. The molecule has 2 aromatic rings. The number of nitrogens with zero attached hydrogens (tertiary/aromatic N) is 2. The molecule has 2 rings (SSSR count). The number of benzene rings is 1. The summed E-state index contributed by atoms with van der Waals surface area (Å²) in [5, 5.41) is 9.65. The summed E-state index contributed by atoms with van der Waals surface area (Å²) in [4.78, 5) is 25.0. The molecule has 0 atom stereocenters. The molecule has 10 heteroatoms. The number of thioether (sulfide) groups is 1. The number of alkyl halides is 3. The molecule has 0 fully saturated rings. The number of hydrogen-bond acceptors (Lipinski definition) is 5. The predicted molar refractivity (Wildman–Crippen MR) is 73.5 cm³/mol. The van der Waals surface area contributed by atoms with Gasteiger partial charge in [0.05, 0.1) is 11.3 Å². The quantitative estimate of drug-likeness (QED) is 0.836. The van der Waals surface area contributed by atoms with Gasteiger partial charge in [0.15, 0.2) is 5.16 Å². The Bertz CT molecular complexity index is 715. The minimum absolute atomic E-state index is 0.0738. The minimum atomic E-state index is -4.42. The Hall–Kier alpha value is -2.36. The third-order valence-corrected chi connectivity index (χ3v) is 3.25. The molecule has 0 aliphatic carbocycles. The van der Waals surface area contributed by atoms with Gasteiger partial charge in [-0.25, -0.2) is 0 Å². The first kappa shape index (κ1) is 16.0. The smallest absolute Gasteiger partial charge is 0.325 e. The molecular weight excluding hydrogens is 321 g/mol. The third kappa shape index (κ3) is 4.58. The third-order valence-electron chi connectivity index (χ3n) is 2.39. The topological polar surface area (TPSA) is 87.7 Å². The van der Waals surface area contributed by atoms with E-state index in [9.17, 15) is 22.8 Å². The summed E-state index contributed by atoms with van der Waals surface area (Å²) in [5.74, 6) is -0.522. The highest BCUT2D eigenvalue weighted by molar-refractivity contribution is 7.99. The highest BCUT2D eigenvalue weighted by Gasteiger charge is 2.29. The van der Waals surface area contributed by atoms with Crippen molar-refractivity contribution in [3.8, 4) is 0 Å². The lowest BCUT2D eigenvalue weighted by Crippen LogP contribution is -2.15. The van der Waals surface area contributed by atoms with Crippen molar-refractivity contribution in [2.75, 3.05) is 11.1 Å². The molecule has 1 amide bonds. The van der Waals surface area contributed by atoms with Crippen molar-refractivity contribution >= 4 is 23.4 Å². The summed E-state index contributed by atoms with van der Waals surface area (Å²) in [6.07, 6.45) is -3.43. The number of carbonyl (C=O) groups is 1. The van der Waals surface area contributed by atoms with Gasteiger partial charge in [0.25, 0.3) is 5.56 Å². The van der Waals surface area contributed by atoms with Gasteiger partial charge in [0.2, 0.25) is 5.91 Å². The second-order valence-corrected chi connectivity index (χ2v) is 5.01. The molecule has 116 valence electrons. The van der Waals surface area contributed by atoms with Crippen molar-refractivity contribution < 1.29 is 18.0 Å². The summed E-state index contributed by atoms with van der Waals surface area (Å²) >= 11 is 0.948. The maximum atomic E-state index is 12.4. The van der Waals surface area contributed by atoms with E-state index >= 15 is 0 Å². The lowest BCUT2D eigenvalue weighted by Gasteiger charge is -2.08. The predicted octanol–water partition coefficient (Wildman–Crippen LogP) is 1.91. The Morgan fingerprint density at radius 3 is 2.55 bits per heavy atom. The number of aromatic amines is 1. The molecule has 0 saturated heterocycles. The van der Waals surface area contributed by atoms with Gasteiger partial charge >= 0.3 is 6.18 Å². The highest BCUT2D eigenvalue weighted by atomic mass is 32.2. The van der Waals surface area contributed by atoms with Crippen LogP contribution in [0.3, 0.4) is 0 Å². The van der Waals surface area contributed by atoms with Gasteiger partial charge in [0.1, 0.15) is 6.20 Å². The van der Waals surface area contributed by atoms with Crippen molar-refractivity contribution in [3.05, 3.63) is 46.4 Å². The lowest BCUT2D eigenvalue weighted by atomic mass is 10.2. The van der Waals surface area contributed by atoms with E-state index in [1.807, 2.05) is 0 Å². The van der Waals surface area contributed by atoms with Gasteiger partial charge in [-0.15, -0.1) is 5.10 Å². The zero-order chi connectivity index (χ0) is 16.2. The van der Waals surface area contributed by atoms with E-state index in [1.165, 1.54) is 0 Å². The molecule has 0 unspecified atom stereocenters. The molecule has 0 bridgehead atoms. The fourth-order valence-corrected chi connectivity index (χ4v) is 2.05. The van der Waals surface area contributed by atoms with Crippen LogP contribution in [0.1, 0.15) is 5.56 Å². The van der Waals surface area contributed by atoms with Crippen LogP contribution in [0.5, 0.6) is 0 Å². The van der Waals surface area contributed by atoms with Crippen molar-refractivity contribution in [1.82, 2.24) is 15.2 Å². The van der Waals surface area contributed by atoms with Crippen LogP contribution in [0.15, 0.2) is 40.4 Å². The van der Waals surface area contributed by atoms with E-state index in [2.05, 4.69) is 20.5 Å². The number of hydrogen-bond donors (Lipinski definition) is 2. The monoisotopic (exact) mass is 330 g/mol. The van der Waals surface area contributed by atoms with Gasteiger partial charge in [-0.2, -0.15) is 18.3 Å². The first-order valence-corrected chi connectivity index (χ1v) is 6.85. The van der Waals surface area contributed by atoms with E-state index in [0.29, 0.717) is 0 Å². The average molecular weight is 330 g/mol. The van der Waals surface area contributed by atoms with Crippen LogP contribution >= 0.6 is 11.8 Å². The molecule has 0 radical (unpaired) electrons. The number of carbonyl (C=O) groups excluding carboxylic acids is 1. The van der Waals surface area contributed by atoms with Gasteiger partial charge in [-0.3, -0.25) is 14.6 Å². The van der Waals surface area contributed by atoms with E-state index < -0.39 is 23.2 Å². The fourth-order valence-electron chi connectivity index (χ4n) is 1.43. The fraction of sp³-hybridized carbons (Fsp3) is 0.167. The second kappa shape index (κ2) is 6.60. The van der Waals surface area contributed by atoms with Crippen molar-refractivity contribution in [2.24, 2.45) is 0 Å². The first-order valence-electron chi connectivity index (χ1n) is 5.86. The zero-order valence-electron chi connectivity index (χ0n) is 10.8. The molecular formula is C12H9F3N4O2S. The van der Waals surface area contributed by atoms with Crippen LogP contribution in [-0.4, -0.2) is 26.8 Å². The van der Waals surface area contributed by atoms with Crippen LogP contribution in [0.25, 0.3) is 0 Å². The summed E-state index contributed by atoms with van der Waals surface area (Å²) < 4.78 is 37.2. The van der Waals surface area contributed by atoms with Crippen LogP contribution in [0.4, 0.5) is 18.9 Å². The Morgan fingerprint density at radius 1 is 1.27 bits per heavy atom. The van der Waals surface area contributed by atoms with E-state index in [4.69, 9.17) is 0 Å². The summed E-state index contributed by atoms with van der Waals surface area (Å²) in [5.41, 5.74) is -0.996. The first-order chi connectivity index (χ1) is 10.3. The number of rotatable bonds is 4. The Labute approximate surface area is 126 Å². The number of H-pyrrole nitrogens is 1. The second-order valence-electron chi connectivity index (χ2n) is 4.05. The van der Waals surface area contributed by atoms with Crippen molar-refractivity contribution in [2.45, 2.75) is 11.3 Å². The largest absolute Gasteiger partial charge is 0.416 e. The Morgan fingerprint density at radius 2 is 1.95 bits per heavy atom. The Balaban J connectivity index is 1.91. The van der Waals surface area contributed by atoms with Crippen LogP contribution < -0.4 is 10.9 Å². The number of aromatic nitrogens is 3. The number of anilines is 1. The molecule has 1 heterocycles. The normalized spacial score (nSPS) is 11.2. The summed E-state index contributed by atoms with van der Waals surface area (Å²) in [6, 6.07) is 4.08. The Kier molecular flexibility index (Phi) is 4.81. The number of amides is 1. The van der Waals surface area contributed by atoms with Crippen LogP contribution in [0.2, 0.25) is 0 Å². The molecule has 22 heavy (non-hydrogen) atoms. The number of halogens is 3. The maximum absolute atomic E-state index is 12.4. The molecule has 0 spiro atoms. The standard InChI is InChI=1S/C12H9F3N4O2S/c13-12(14,15)7-1-3-8(4-2-7)17-10(21)6-22-11-18-9(20)5-16-19-11/h1-5H,6H2,(H,17,21)(H,18,19,20). The highest BCUT2D eigenvalue weighted by Crippen LogP contribution is 2.29.